The standard InChI is InChI=1S/C18H23NS/c1-3-7-15-9-6-10-16(12-15)17(19)13-20-18-11-5-4-8-14(18)2/h4-6,8-12,17H,3,7,13,19H2,1-2H3. The van der Waals surface area contributed by atoms with E-state index in [4.69, 9.17) is 5.73 Å². The Kier molecular flexibility index (Phi) is 5.69. The molecule has 0 aliphatic carbocycles. The van der Waals surface area contributed by atoms with Gasteiger partial charge in [0.1, 0.15) is 0 Å². The highest BCUT2D eigenvalue weighted by Crippen LogP contribution is 2.26. The summed E-state index contributed by atoms with van der Waals surface area (Å²) in [6.45, 7) is 4.36. The zero-order valence-electron chi connectivity index (χ0n) is 12.3. The molecule has 0 spiro atoms. The fourth-order valence-electron chi connectivity index (χ4n) is 2.26. The van der Waals surface area contributed by atoms with Gasteiger partial charge in [-0.1, -0.05) is 55.8 Å². The molecule has 20 heavy (non-hydrogen) atoms. The van der Waals surface area contributed by atoms with Crippen LogP contribution in [0.2, 0.25) is 0 Å². The number of rotatable bonds is 6. The van der Waals surface area contributed by atoms with Crippen LogP contribution in [0.15, 0.2) is 53.4 Å². The van der Waals surface area contributed by atoms with Crippen LogP contribution in [0.1, 0.15) is 36.1 Å². The van der Waals surface area contributed by atoms with Gasteiger partial charge in [-0.3, -0.25) is 0 Å². The van der Waals surface area contributed by atoms with Gasteiger partial charge >= 0.3 is 0 Å². The van der Waals surface area contributed by atoms with Crippen LogP contribution in [-0.2, 0) is 6.42 Å². The molecule has 1 nitrogen and oxygen atoms in total. The molecule has 1 unspecified atom stereocenters. The molecule has 2 aromatic carbocycles. The zero-order valence-corrected chi connectivity index (χ0v) is 13.1. The minimum Gasteiger partial charge on any atom is -0.323 e. The van der Waals surface area contributed by atoms with E-state index >= 15 is 0 Å². The SMILES string of the molecule is CCCc1cccc(C(N)CSc2ccccc2C)c1. The second-order valence-corrected chi connectivity index (χ2v) is 6.24. The van der Waals surface area contributed by atoms with Crippen molar-refractivity contribution < 1.29 is 0 Å². The quantitative estimate of drug-likeness (QED) is 0.776. The summed E-state index contributed by atoms with van der Waals surface area (Å²) in [6, 6.07) is 17.3. The predicted molar refractivity (Wildman–Crippen MR) is 89.3 cm³/mol. The van der Waals surface area contributed by atoms with E-state index in [2.05, 4.69) is 62.4 Å². The summed E-state index contributed by atoms with van der Waals surface area (Å²) in [5.74, 6) is 0.917. The molecule has 1 atom stereocenters. The van der Waals surface area contributed by atoms with Gasteiger partial charge in [-0.15, -0.1) is 11.8 Å². The van der Waals surface area contributed by atoms with Crippen molar-refractivity contribution in [2.75, 3.05) is 5.75 Å². The first-order valence-corrected chi connectivity index (χ1v) is 8.22. The fourth-order valence-corrected chi connectivity index (χ4v) is 3.28. The molecular weight excluding hydrogens is 262 g/mol. The van der Waals surface area contributed by atoms with Crippen LogP contribution in [0, 0.1) is 6.92 Å². The minimum atomic E-state index is 0.0939. The summed E-state index contributed by atoms with van der Waals surface area (Å²) in [4.78, 5) is 1.33. The van der Waals surface area contributed by atoms with E-state index in [0.717, 1.165) is 12.2 Å². The van der Waals surface area contributed by atoms with E-state index in [9.17, 15) is 0 Å². The molecule has 0 radical (unpaired) electrons. The average molecular weight is 285 g/mol. The van der Waals surface area contributed by atoms with Gasteiger partial charge in [0.15, 0.2) is 0 Å². The lowest BCUT2D eigenvalue weighted by Crippen LogP contribution is -2.13. The molecule has 2 aromatic rings. The molecule has 0 fully saturated rings. The Bertz CT molecular complexity index is 551. The van der Waals surface area contributed by atoms with Crippen molar-refractivity contribution in [2.24, 2.45) is 5.73 Å². The maximum atomic E-state index is 6.34. The number of hydrogen-bond acceptors (Lipinski definition) is 2. The van der Waals surface area contributed by atoms with Crippen LogP contribution in [-0.4, -0.2) is 5.75 Å². The van der Waals surface area contributed by atoms with Crippen molar-refractivity contribution in [3.05, 3.63) is 65.2 Å². The van der Waals surface area contributed by atoms with Gasteiger partial charge in [-0.2, -0.15) is 0 Å². The molecule has 0 saturated heterocycles. The molecule has 0 aromatic heterocycles. The Balaban J connectivity index is 1.99. The Morgan fingerprint density at radius 1 is 1.10 bits per heavy atom. The monoisotopic (exact) mass is 285 g/mol. The van der Waals surface area contributed by atoms with Gasteiger partial charge in [0.25, 0.3) is 0 Å². The van der Waals surface area contributed by atoms with Crippen molar-refractivity contribution in [3.8, 4) is 0 Å². The predicted octanol–water partition coefficient (Wildman–Crippen LogP) is 4.74. The second-order valence-electron chi connectivity index (χ2n) is 5.18. The minimum absolute atomic E-state index is 0.0939. The first kappa shape index (κ1) is 15.1. The molecule has 0 heterocycles. The molecular formula is C18H23NS. The van der Waals surface area contributed by atoms with Crippen LogP contribution >= 0.6 is 11.8 Å². The number of aryl methyl sites for hydroxylation is 2. The fraction of sp³-hybridized carbons (Fsp3) is 0.333. The number of nitrogens with two attached hydrogens (primary N) is 1. The lowest BCUT2D eigenvalue weighted by atomic mass is 10.0. The highest BCUT2D eigenvalue weighted by Gasteiger charge is 2.08. The summed E-state index contributed by atoms with van der Waals surface area (Å²) in [5, 5.41) is 0. The highest BCUT2D eigenvalue weighted by atomic mass is 32.2. The Morgan fingerprint density at radius 2 is 1.90 bits per heavy atom. The molecule has 0 aliphatic heterocycles. The Labute approximate surface area is 126 Å². The molecule has 2 rings (SSSR count). The van der Waals surface area contributed by atoms with Crippen LogP contribution in [0.4, 0.5) is 0 Å². The molecule has 0 amide bonds. The largest absolute Gasteiger partial charge is 0.323 e. The van der Waals surface area contributed by atoms with Crippen LogP contribution in [0.5, 0.6) is 0 Å². The maximum Gasteiger partial charge on any atom is 0.0390 e. The summed E-state index contributed by atoms with van der Waals surface area (Å²) in [7, 11) is 0. The first-order chi connectivity index (χ1) is 9.70. The van der Waals surface area contributed by atoms with E-state index in [1.807, 2.05) is 11.8 Å². The second kappa shape index (κ2) is 7.51. The topological polar surface area (TPSA) is 26.0 Å². The van der Waals surface area contributed by atoms with E-state index in [-0.39, 0.29) is 6.04 Å². The van der Waals surface area contributed by atoms with Crippen molar-refractivity contribution in [1.82, 2.24) is 0 Å². The average Bonchev–Trinajstić information content (AvgIpc) is 2.47. The van der Waals surface area contributed by atoms with E-state index < -0.39 is 0 Å². The normalized spacial score (nSPS) is 12.3. The Hall–Kier alpha value is -1.25. The first-order valence-electron chi connectivity index (χ1n) is 7.23. The van der Waals surface area contributed by atoms with Crippen LogP contribution < -0.4 is 5.73 Å². The third-order valence-corrected chi connectivity index (χ3v) is 4.72. The number of hydrogen-bond donors (Lipinski definition) is 1. The van der Waals surface area contributed by atoms with Crippen LogP contribution in [0.3, 0.4) is 0 Å². The lowest BCUT2D eigenvalue weighted by molar-refractivity contribution is 0.823. The molecule has 0 bridgehead atoms. The zero-order chi connectivity index (χ0) is 14.4. The summed E-state index contributed by atoms with van der Waals surface area (Å²) >= 11 is 1.84. The van der Waals surface area contributed by atoms with E-state index in [1.165, 1.54) is 28.0 Å². The number of thioether (sulfide) groups is 1. The van der Waals surface area contributed by atoms with E-state index in [0.29, 0.717) is 0 Å². The smallest absolute Gasteiger partial charge is 0.0390 e. The highest BCUT2D eigenvalue weighted by molar-refractivity contribution is 7.99. The van der Waals surface area contributed by atoms with Crippen LogP contribution in [0.25, 0.3) is 0 Å². The lowest BCUT2D eigenvalue weighted by Gasteiger charge is -2.14. The van der Waals surface area contributed by atoms with Gasteiger partial charge in [0, 0.05) is 16.7 Å². The summed E-state index contributed by atoms with van der Waals surface area (Å²) in [5.41, 5.74) is 10.3. The maximum absolute atomic E-state index is 6.34. The van der Waals surface area contributed by atoms with Crippen molar-refractivity contribution >= 4 is 11.8 Å². The molecule has 106 valence electrons. The van der Waals surface area contributed by atoms with Gasteiger partial charge in [-0.05, 0) is 36.1 Å². The number of benzene rings is 2. The third-order valence-electron chi connectivity index (χ3n) is 3.43. The molecule has 2 heteroatoms. The third kappa shape index (κ3) is 4.12. The van der Waals surface area contributed by atoms with Crippen molar-refractivity contribution in [3.63, 3.8) is 0 Å². The van der Waals surface area contributed by atoms with Gasteiger partial charge in [0.2, 0.25) is 0 Å². The molecule has 2 N–H and O–H groups in total. The molecule has 0 aliphatic rings. The molecule has 0 saturated carbocycles. The summed E-state index contributed by atoms with van der Waals surface area (Å²) in [6.07, 6.45) is 2.31. The van der Waals surface area contributed by atoms with E-state index in [1.54, 1.807) is 0 Å². The Morgan fingerprint density at radius 3 is 2.65 bits per heavy atom. The van der Waals surface area contributed by atoms with Gasteiger partial charge in [0.05, 0.1) is 0 Å². The summed E-state index contributed by atoms with van der Waals surface area (Å²) < 4.78 is 0. The van der Waals surface area contributed by atoms with Crippen molar-refractivity contribution in [1.29, 1.82) is 0 Å². The van der Waals surface area contributed by atoms with Crippen molar-refractivity contribution in [2.45, 2.75) is 37.6 Å². The van der Waals surface area contributed by atoms with Gasteiger partial charge < -0.3 is 5.73 Å². The van der Waals surface area contributed by atoms with Gasteiger partial charge in [-0.25, -0.2) is 0 Å².